The van der Waals surface area contributed by atoms with Gasteiger partial charge in [0.25, 0.3) is 10.0 Å². The number of sulfonamides is 1. The van der Waals surface area contributed by atoms with Crippen LogP contribution >= 0.6 is 11.8 Å². The van der Waals surface area contributed by atoms with Crippen LogP contribution in [0.5, 0.6) is 0 Å². The summed E-state index contributed by atoms with van der Waals surface area (Å²) in [5.74, 6) is -2.57. The molecule has 0 bridgehead atoms. The highest BCUT2D eigenvalue weighted by atomic mass is 32.2. The zero-order chi connectivity index (χ0) is 23.2. The topological polar surface area (TPSA) is 73.1 Å². The van der Waals surface area contributed by atoms with Gasteiger partial charge in [-0.3, -0.25) is 13.9 Å². The predicted octanol–water partition coefficient (Wildman–Crippen LogP) is 4.25. The number of aromatic nitrogens is 2. The molecule has 0 aliphatic rings. The summed E-state index contributed by atoms with van der Waals surface area (Å²) in [5, 5.41) is 0. The van der Waals surface area contributed by atoms with Crippen molar-refractivity contribution in [3.8, 4) is 0 Å². The SMILES string of the molecule is Cn1c(=O)n(C)c2cc(Sc3ccc(F)cc3)c(NS(=O)(=O)c3ccc(F)cc3F)cc21. The smallest absolute Gasteiger partial charge is 0.295 e. The van der Waals surface area contributed by atoms with E-state index in [0.717, 1.165) is 23.9 Å². The minimum atomic E-state index is -4.43. The fraction of sp³-hybridized carbons (Fsp3) is 0.0952. The molecule has 1 aromatic heterocycles. The second-order valence-corrected chi connectivity index (χ2v) is 9.74. The van der Waals surface area contributed by atoms with Crippen molar-refractivity contribution >= 4 is 38.5 Å². The van der Waals surface area contributed by atoms with Crippen LogP contribution in [0, 0.1) is 17.5 Å². The van der Waals surface area contributed by atoms with Gasteiger partial charge in [0, 0.05) is 30.0 Å². The molecule has 0 aliphatic carbocycles. The van der Waals surface area contributed by atoms with E-state index >= 15 is 0 Å². The molecule has 1 heterocycles. The fourth-order valence-corrected chi connectivity index (χ4v) is 5.33. The van der Waals surface area contributed by atoms with Gasteiger partial charge in [-0.1, -0.05) is 11.8 Å². The lowest BCUT2D eigenvalue weighted by Crippen LogP contribution is -2.19. The first-order valence-corrected chi connectivity index (χ1v) is 11.5. The number of hydrogen-bond acceptors (Lipinski definition) is 4. The average Bonchev–Trinajstić information content (AvgIpc) is 2.93. The maximum Gasteiger partial charge on any atom is 0.328 e. The van der Waals surface area contributed by atoms with E-state index in [9.17, 15) is 26.4 Å². The number of nitrogens with zero attached hydrogens (tertiary/aromatic N) is 2. The van der Waals surface area contributed by atoms with E-state index in [1.165, 1.54) is 46.5 Å². The molecule has 0 aliphatic heterocycles. The van der Waals surface area contributed by atoms with Crippen LogP contribution in [0.3, 0.4) is 0 Å². The molecule has 166 valence electrons. The Balaban J connectivity index is 1.86. The number of aryl methyl sites for hydroxylation is 2. The van der Waals surface area contributed by atoms with Gasteiger partial charge in [0.15, 0.2) is 0 Å². The first kappa shape index (κ1) is 22.0. The summed E-state index contributed by atoms with van der Waals surface area (Å²) >= 11 is 1.13. The van der Waals surface area contributed by atoms with Gasteiger partial charge in [-0.15, -0.1) is 0 Å². The average molecular weight is 480 g/mol. The molecular formula is C21H16F3N3O3S2. The van der Waals surface area contributed by atoms with Crippen LogP contribution in [0.2, 0.25) is 0 Å². The first-order valence-electron chi connectivity index (χ1n) is 9.17. The number of nitrogens with one attached hydrogen (secondary N) is 1. The molecule has 0 fully saturated rings. The maximum atomic E-state index is 14.2. The van der Waals surface area contributed by atoms with Crippen LogP contribution in [-0.2, 0) is 24.1 Å². The van der Waals surface area contributed by atoms with Gasteiger partial charge < -0.3 is 0 Å². The number of fused-ring (bicyclic) bond motifs is 1. The van der Waals surface area contributed by atoms with Crippen LogP contribution < -0.4 is 10.4 Å². The Bertz CT molecular complexity index is 1510. The van der Waals surface area contributed by atoms with E-state index in [2.05, 4.69) is 4.72 Å². The van der Waals surface area contributed by atoms with E-state index < -0.39 is 32.4 Å². The molecule has 0 unspecified atom stereocenters. The van der Waals surface area contributed by atoms with Crippen molar-refractivity contribution in [3.63, 3.8) is 0 Å². The second-order valence-electron chi connectivity index (χ2n) is 6.97. The number of halogens is 3. The monoisotopic (exact) mass is 479 g/mol. The standard InChI is InChI=1S/C21H16F3N3O3S2/c1-26-17-10-16(25-32(29,30)20-8-5-13(23)9-15(20)24)19(11-18(17)27(2)21(26)28)31-14-6-3-12(22)4-7-14/h3-11,25H,1-2H3. The number of hydrogen-bond donors (Lipinski definition) is 1. The van der Waals surface area contributed by atoms with Gasteiger partial charge in [-0.2, -0.15) is 0 Å². The lowest BCUT2D eigenvalue weighted by Gasteiger charge is -2.14. The minimum absolute atomic E-state index is 0.0803. The second kappa shape index (κ2) is 8.06. The zero-order valence-electron chi connectivity index (χ0n) is 16.8. The normalized spacial score (nSPS) is 11.8. The molecule has 0 saturated carbocycles. The molecule has 0 atom stereocenters. The molecule has 0 radical (unpaired) electrons. The summed E-state index contributed by atoms with van der Waals surface area (Å²) in [6.07, 6.45) is 0. The van der Waals surface area contributed by atoms with Crippen molar-refractivity contribution in [2.24, 2.45) is 14.1 Å². The number of rotatable bonds is 5. The molecule has 3 aromatic carbocycles. The summed E-state index contributed by atoms with van der Waals surface area (Å²) in [6, 6.07) is 10.8. The van der Waals surface area contributed by atoms with Crippen LogP contribution in [0.1, 0.15) is 0 Å². The Morgan fingerprint density at radius 2 is 1.44 bits per heavy atom. The van der Waals surface area contributed by atoms with E-state index in [1.807, 2.05) is 0 Å². The highest BCUT2D eigenvalue weighted by molar-refractivity contribution is 7.99. The minimum Gasteiger partial charge on any atom is -0.295 e. The Morgan fingerprint density at radius 1 is 0.844 bits per heavy atom. The van der Waals surface area contributed by atoms with Crippen molar-refractivity contribution in [2.45, 2.75) is 14.7 Å². The van der Waals surface area contributed by atoms with E-state index in [-0.39, 0.29) is 11.4 Å². The van der Waals surface area contributed by atoms with Crippen LogP contribution in [0.25, 0.3) is 11.0 Å². The van der Waals surface area contributed by atoms with Gasteiger partial charge in [0.05, 0.1) is 16.7 Å². The third-order valence-electron chi connectivity index (χ3n) is 4.84. The maximum absolute atomic E-state index is 14.2. The third kappa shape index (κ3) is 4.00. The Morgan fingerprint density at radius 3 is 2.06 bits per heavy atom. The molecule has 0 saturated heterocycles. The van der Waals surface area contributed by atoms with Crippen molar-refractivity contribution in [2.75, 3.05) is 4.72 Å². The number of imidazole rings is 1. The highest BCUT2D eigenvalue weighted by Crippen LogP contribution is 2.37. The molecule has 6 nitrogen and oxygen atoms in total. The third-order valence-corrected chi connectivity index (χ3v) is 7.31. The fourth-order valence-electron chi connectivity index (χ4n) is 3.21. The van der Waals surface area contributed by atoms with Crippen molar-refractivity contribution in [3.05, 3.63) is 82.5 Å². The highest BCUT2D eigenvalue weighted by Gasteiger charge is 2.23. The van der Waals surface area contributed by atoms with Gasteiger partial charge >= 0.3 is 5.69 Å². The molecular weight excluding hydrogens is 463 g/mol. The summed E-state index contributed by atoms with van der Waals surface area (Å²) in [6.45, 7) is 0. The van der Waals surface area contributed by atoms with Crippen molar-refractivity contribution < 1.29 is 21.6 Å². The first-order chi connectivity index (χ1) is 15.1. The molecule has 0 amide bonds. The van der Waals surface area contributed by atoms with Gasteiger partial charge in [0.2, 0.25) is 0 Å². The zero-order valence-corrected chi connectivity index (χ0v) is 18.4. The van der Waals surface area contributed by atoms with E-state index in [4.69, 9.17) is 0 Å². The molecule has 0 spiro atoms. The summed E-state index contributed by atoms with van der Waals surface area (Å²) in [4.78, 5) is 12.6. The molecule has 32 heavy (non-hydrogen) atoms. The molecule has 4 rings (SSSR count). The van der Waals surface area contributed by atoms with Gasteiger partial charge in [-0.05, 0) is 48.5 Å². The van der Waals surface area contributed by atoms with Gasteiger partial charge in [0.1, 0.15) is 22.3 Å². The van der Waals surface area contributed by atoms with E-state index in [0.29, 0.717) is 26.9 Å². The quantitative estimate of drug-likeness (QED) is 0.465. The summed E-state index contributed by atoms with van der Waals surface area (Å²) in [7, 11) is -1.31. The van der Waals surface area contributed by atoms with Crippen molar-refractivity contribution in [1.82, 2.24) is 9.13 Å². The lowest BCUT2D eigenvalue weighted by molar-refractivity contribution is 0.551. The lowest BCUT2D eigenvalue weighted by atomic mass is 10.3. The summed E-state index contributed by atoms with van der Waals surface area (Å²) < 4.78 is 71.5. The van der Waals surface area contributed by atoms with Crippen molar-refractivity contribution in [1.29, 1.82) is 0 Å². The predicted molar refractivity (Wildman–Crippen MR) is 116 cm³/mol. The molecule has 4 aromatic rings. The summed E-state index contributed by atoms with van der Waals surface area (Å²) in [5.41, 5.74) is 0.746. The van der Waals surface area contributed by atoms with Crippen LogP contribution in [0.4, 0.5) is 18.9 Å². The van der Waals surface area contributed by atoms with Crippen LogP contribution in [-0.4, -0.2) is 17.6 Å². The van der Waals surface area contributed by atoms with Crippen LogP contribution in [0.15, 0.2) is 74.1 Å². The largest absolute Gasteiger partial charge is 0.328 e. The Hall–Kier alpha value is -3.18. The van der Waals surface area contributed by atoms with E-state index in [1.54, 1.807) is 13.1 Å². The van der Waals surface area contributed by atoms with Gasteiger partial charge in [-0.25, -0.2) is 26.4 Å². The molecule has 11 heteroatoms. The Labute approximate surface area is 185 Å². The number of benzene rings is 3. The number of anilines is 1. The molecule has 1 N–H and O–H groups in total. The Kier molecular flexibility index (Phi) is 5.55.